The minimum atomic E-state index is 0.172. The van der Waals surface area contributed by atoms with Crippen molar-refractivity contribution in [1.82, 2.24) is 0 Å². The van der Waals surface area contributed by atoms with Crippen LogP contribution in [0, 0.1) is 12.8 Å². The van der Waals surface area contributed by atoms with Crippen molar-refractivity contribution >= 4 is 6.29 Å². The summed E-state index contributed by atoms with van der Waals surface area (Å²) < 4.78 is 0. The molecule has 0 spiro atoms. The second kappa shape index (κ2) is 2.74. The van der Waals surface area contributed by atoms with Gasteiger partial charge in [-0.2, -0.15) is 0 Å². The normalized spacial score (nSPS) is 26.8. The molecule has 2 atom stereocenters. The van der Waals surface area contributed by atoms with Crippen molar-refractivity contribution < 1.29 is 4.79 Å². The van der Waals surface area contributed by atoms with Gasteiger partial charge in [0, 0.05) is 5.92 Å². The number of rotatable bonds is 2. The van der Waals surface area contributed by atoms with E-state index >= 15 is 0 Å². The molecule has 1 radical (unpaired) electrons. The lowest BCUT2D eigenvalue weighted by Gasteiger charge is -2.01. The molecule has 1 nitrogen and oxygen atoms in total. The third kappa shape index (κ3) is 1.15. The zero-order valence-electron chi connectivity index (χ0n) is 7.08. The highest BCUT2D eigenvalue weighted by atomic mass is 16.1. The SMILES string of the molecule is Cc1ccccc1C1CC1[C]=O. The molecule has 0 aromatic heterocycles. The lowest BCUT2D eigenvalue weighted by Crippen LogP contribution is -1.87. The molecule has 0 amide bonds. The molecule has 0 saturated heterocycles. The summed E-state index contributed by atoms with van der Waals surface area (Å²) in [6.45, 7) is 2.09. The monoisotopic (exact) mass is 159 g/mol. The van der Waals surface area contributed by atoms with Crippen molar-refractivity contribution in [2.75, 3.05) is 0 Å². The van der Waals surface area contributed by atoms with Crippen LogP contribution in [0.3, 0.4) is 0 Å². The number of benzene rings is 1. The van der Waals surface area contributed by atoms with Gasteiger partial charge in [-0.05, 0) is 30.4 Å². The molecule has 0 heterocycles. The van der Waals surface area contributed by atoms with Crippen LogP contribution in [-0.4, -0.2) is 6.29 Å². The summed E-state index contributed by atoms with van der Waals surface area (Å²) in [4.78, 5) is 10.3. The second-order valence-electron chi connectivity index (χ2n) is 3.42. The van der Waals surface area contributed by atoms with Gasteiger partial charge in [-0.1, -0.05) is 24.3 Å². The van der Waals surface area contributed by atoms with Gasteiger partial charge in [-0.25, -0.2) is 0 Å². The molecule has 61 valence electrons. The van der Waals surface area contributed by atoms with Gasteiger partial charge in [0.2, 0.25) is 6.29 Å². The molecule has 0 aliphatic heterocycles. The topological polar surface area (TPSA) is 17.1 Å². The number of hydrogen-bond donors (Lipinski definition) is 0. The summed E-state index contributed by atoms with van der Waals surface area (Å²) in [5.74, 6) is 0.634. The highest BCUT2D eigenvalue weighted by molar-refractivity contribution is 5.62. The summed E-state index contributed by atoms with van der Waals surface area (Å²) in [7, 11) is 0. The van der Waals surface area contributed by atoms with Crippen LogP contribution in [0.4, 0.5) is 0 Å². The zero-order chi connectivity index (χ0) is 8.55. The molecule has 1 fully saturated rings. The summed E-state index contributed by atoms with van der Waals surface area (Å²) >= 11 is 0. The predicted molar refractivity (Wildman–Crippen MR) is 47.7 cm³/mol. The Balaban J connectivity index is 2.25. The first-order chi connectivity index (χ1) is 5.83. The van der Waals surface area contributed by atoms with E-state index in [0.29, 0.717) is 5.92 Å². The van der Waals surface area contributed by atoms with Crippen molar-refractivity contribution in [3.8, 4) is 0 Å². The van der Waals surface area contributed by atoms with Gasteiger partial charge in [0.1, 0.15) is 0 Å². The van der Waals surface area contributed by atoms with E-state index in [1.807, 2.05) is 12.1 Å². The van der Waals surface area contributed by atoms with Gasteiger partial charge in [-0.15, -0.1) is 0 Å². The van der Waals surface area contributed by atoms with Crippen molar-refractivity contribution in [2.45, 2.75) is 19.3 Å². The van der Waals surface area contributed by atoms with E-state index in [1.54, 1.807) is 0 Å². The highest BCUT2D eigenvalue weighted by Crippen LogP contribution is 2.46. The minimum absolute atomic E-state index is 0.172. The Morgan fingerprint density at radius 3 is 2.75 bits per heavy atom. The third-order valence-electron chi connectivity index (χ3n) is 2.53. The van der Waals surface area contributed by atoms with Crippen LogP contribution in [0.5, 0.6) is 0 Å². The molecular weight excluding hydrogens is 148 g/mol. The number of aryl methyl sites for hydroxylation is 1. The van der Waals surface area contributed by atoms with Gasteiger partial charge in [0.25, 0.3) is 0 Å². The van der Waals surface area contributed by atoms with Crippen LogP contribution in [0.15, 0.2) is 24.3 Å². The van der Waals surface area contributed by atoms with Crippen molar-refractivity contribution in [3.05, 3.63) is 35.4 Å². The maximum Gasteiger partial charge on any atom is 0.202 e. The van der Waals surface area contributed by atoms with E-state index in [4.69, 9.17) is 0 Å². The Morgan fingerprint density at radius 2 is 2.17 bits per heavy atom. The third-order valence-corrected chi connectivity index (χ3v) is 2.53. The Hall–Kier alpha value is -1.11. The standard InChI is InChI=1S/C11H11O/c1-8-4-2-3-5-10(8)11-6-9(11)7-12/h2-5,9,11H,6H2,1H3. The molecule has 1 aliphatic rings. The molecule has 1 aromatic rings. The molecule has 2 rings (SSSR count). The van der Waals surface area contributed by atoms with E-state index in [9.17, 15) is 4.79 Å². The summed E-state index contributed by atoms with van der Waals surface area (Å²) in [5, 5.41) is 0. The van der Waals surface area contributed by atoms with E-state index in [-0.39, 0.29) is 5.92 Å². The molecule has 1 heteroatoms. The van der Waals surface area contributed by atoms with E-state index in [2.05, 4.69) is 25.3 Å². The van der Waals surface area contributed by atoms with Crippen LogP contribution < -0.4 is 0 Å². The van der Waals surface area contributed by atoms with Crippen LogP contribution in [0.2, 0.25) is 0 Å². The Bertz CT molecular complexity index is 304. The first kappa shape index (κ1) is 7.53. The van der Waals surface area contributed by atoms with Crippen LogP contribution in [-0.2, 0) is 4.79 Å². The average molecular weight is 159 g/mol. The lowest BCUT2D eigenvalue weighted by molar-refractivity contribution is 0.548. The summed E-state index contributed by atoms with van der Waals surface area (Å²) in [6.07, 6.45) is 3.06. The van der Waals surface area contributed by atoms with Gasteiger partial charge < -0.3 is 0 Å². The Kier molecular flexibility index (Phi) is 1.72. The van der Waals surface area contributed by atoms with Gasteiger partial charge in [0.15, 0.2) is 0 Å². The molecule has 0 bridgehead atoms. The summed E-state index contributed by atoms with van der Waals surface area (Å²) in [5.41, 5.74) is 2.62. The van der Waals surface area contributed by atoms with Gasteiger partial charge >= 0.3 is 0 Å². The number of carbonyl (C=O) groups excluding carboxylic acids is 1. The maximum atomic E-state index is 10.3. The number of hydrogen-bond acceptors (Lipinski definition) is 1. The van der Waals surface area contributed by atoms with E-state index in [1.165, 1.54) is 11.1 Å². The second-order valence-corrected chi connectivity index (χ2v) is 3.42. The Morgan fingerprint density at radius 1 is 1.42 bits per heavy atom. The molecule has 12 heavy (non-hydrogen) atoms. The molecule has 1 aliphatic carbocycles. The summed E-state index contributed by atoms with van der Waals surface area (Å²) in [6, 6.07) is 8.26. The fourth-order valence-corrected chi connectivity index (χ4v) is 1.67. The highest BCUT2D eigenvalue weighted by Gasteiger charge is 2.39. The molecule has 1 aromatic carbocycles. The van der Waals surface area contributed by atoms with Crippen LogP contribution in [0.25, 0.3) is 0 Å². The first-order valence-corrected chi connectivity index (χ1v) is 4.26. The fourth-order valence-electron chi connectivity index (χ4n) is 1.67. The molecular formula is C11H11O. The largest absolute Gasteiger partial charge is 0.291 e. The fraction of sp³-hybridized carbons (Fsp3) is 0.364. The lowest BCUT2D eigenvalue weighted by atomic mass is 10.0. The first-order valence-electron chi connectivity index (χ1n) is 4.26. The van der Waals surface area contributed by atoms with Crippen molar-refractivity contribution in [1.29, 1.82) is 0 Å². The van der Waals surface area contributed by atoms with E-state index in [0.717, 1.165) is 6.42 Å². The van der Waals surface area contributed by atoms with E-state index < -0.39 is 0 Å². The predicted octanol–water partition coefficient (Wildman–Crippen LogP) is 2.21. The smallest absolute Gasteiger partial charge is 0.202 e. The Labute approximate surface area is 72.4 Å². The van der Waals surface area contributed by atoms with Gasteiger partial charge in [-0.3, -0.25) is 4.79 Å². The molecule has 1 saturated carbocycles. The maximum absolute atomic E-state index is 10.3. The van der Waals surface area contributed by atoms with Crippen molar-refractivity contribution in [2.24, 2.45) is 5.92 Å². The molecule has 0 N–H and O–H groups in total. The average Bonchev–Trinajstić information content (AvgIpc) is 2.84. The molecule has 2 unspecified atom stereocenters. The van der Waals surface area contributed by atoms with Crippen molar-refractivity contribution in [3.63, 3.8) is 0 Å². The van der Waals surface area contributed by atoms with Gasteiger partial charge in [0.05, 0.1) is 0 Å². The zero-order valence-corrected chi connectivity index (χ0v) is 7.08. The minimum Gasteiger partial charge on any atom is -0.291 e. The van der Waals surface area contributed by atoms with Crippen LogP contribution >= 0.6 is 0 Å². The quantitative estimate of drug-likeness (QED) is 0.646. The van der Waals surface area contributed by atoms with Crippen LogP contribution in [0.1, 0.15) is 23.5 Å².